The number of hydrogen-bond acceptors (Lipinski definition) is 3. The van der Waals surface area contributed by atoms with Crippen molar-refractivity contribution in [2.24, 2.45) is 11.7 Å². The van der Waals surface area contributed by atoms with E-state index in [0.717, 1.165) is 6.54 Å². The van der Waals surface area contributed by atoms with Crippen LogP contribution in [0.1, 0.15) is 20.3 Å². The zero-order valence-corrected chi connectivity index (χ0v) is 7.51. The lowest BCUT2D eigenvalue weighted by Gasteiger charge is -2.11. The summed E-state index contributed by atoms with van der Waals surface area (Å²) in [7, 11) is 0. The summed E-state index contributed by atoms with van der Waals surface area (Å²) in [4.78, 5) is 0. The highest BCUT2D eigenvalue weighted by Gasteiger charge is 2.01. The largest absolute Gasteiger partial charge is 0.392 e. The normalized spacial score (nSPS) is 13.9. The van der Waals surface area contributed by atoms with Gasteiger partial charge in [-0.3, -0.25) is 0 Å². The average molecular weight is 160 g/mol. The first-order chi connectivity index (χ1) is 5.16. The van der Waals surface area contributed by atoms with Gasteiger partial charge < -0.3 is 16.2 Å². The fourth-order valence-electron chi connectivity index (χ4n) is 0.833. The lowest BCUT2D eigenvalue weighted by Crippen LogP contribution is -2.30. The van der Waals surface area contributed by atoms with E-state index >= 15 is 0 Å². The van der Waals surface area contributed by atoms with E-state index in [2.05, 4.69) is 19.2 Å². The van der Waals surface area contributed by atoms with Gasteiger partial charge in [0.2, 0.25) is 0 Å². The molecule has 3 heteroatoms. The van der Waals surface area contributed by atoms with Crippen LogP contribution in [0.2, 0.25) is 0 Å². The van der Waals surface area contributed by atoms with Gasteiger partial charge in [0.25, 0.3) is 0 Å². The van der Waals surface area contributed by atoms with Crippen LogP contribution >= 0.6 is 0 Å². The number of nitrogens with one attached hydrogen (secondary N) is 1. The first-order valence-electron chi connectivity index (χ1n) is 4.25. The minimum Gasteiger partial charge on any atom is -0.392 e. The molecule has 0 bridgehead atoms. The summed E-state index contributed by atoms with van der Waals surface area (Å²) >= 11 is 0. The first-order valence-corrected chi connectivity index (χ1v) is 4.25. The summed E-state index contributed by atoms with van der Waals surface area (Å²) in [6.45, 7) is 6.46. The van der Waals surface area contributed by atoms with Gasteiger partial charge in [0, 0.05) is 6.54 Å². The second-order valence-electron chi connectivity index (χ2n) is 3.28. The zero-order chi connectivity index (χ0) is 8.69. The molecule has 0 aromatic carbocycles. The zero-order valence-electron chi connectivity index (χ0n) is 7.51. The summed E-state index contributed by atoms with van der Waals surface area (Å²) in [5.74, 6) is 0.639. The van der Waals surface area contributed by atoms with Gasteiger partial charge >= 0.3 is 0 Å². The van der Waals surface area contributed by atoms with E-state index in [1.54, 1.807) is 0 Å². The summed E-state index contributed by atoms with van der Waals surface area (Å²) in [6, 6.07) is 0. The number of hydrogen-bond donors (Lipinski definition) is 3. The van der Waals surface area contributed by atoms with Gasteiger partial charge in [0.05, 0.1) is 6.10 Å². The van der Waals surface area contributed by atoms with Crippen molar-refractivity contribution in [2.45, 2.75) is 26.4 Å². The van der Waals surface area contributed by atoms with Crippen LogP contribution in [0.5, 0.6) is 0 Å². The van der Waals surface area contributed by atoms with Gasteiger partial charge in [-0.1, -0.05) is 13.8 Å². The van der Waals surface area contributed by atoms with E-state index < -0.39 is 0 Å². The molecule has 0 aliphatic heterocycles. The van der Waals surface area contributed by atoms with Gasteiger partial charge in [0.15, 0.2) is 0 Å². The fraction of sp³-hybridized carbons (Fsp3) is 1.00. The lowest BCUT2D eigenvalue weighted by molar-refractivity contribution is 0.163. The molecule has 4 N–H and O–H groups in total. The predicted octanol–water partition coefficient (Wildman–Crippen LogP) is -0.0583. The highest BCUT2D eigenvalue weighted by atomic mass is 16.3. The molecule has 0 saturated heterocycles. The Bertz CT molecular complexity index is 86.2. The molecule has 0 amide bonds. The average Bonchev–Trinajstić information content (AvgIpc) is 1.87. The van der Waals surface area contributed by atoms with Crippen molar-refractivity contribution in [3.05, 3.63) is 0 Å². The molecule has 0 aromatic rings. The topological polar surface area (TPSA) is 58.3 Å². The molecule has 0 spiro atoms. The third-order valence-electron chi connectivity index (χ3n) is 1.43. The first kappa shape index (κ1) is 10.9. The van der Waals surface area contributed by atoms with Gasteiger partial charge in [-0.25, -0.2) is 0 Å². The van der Waals surface area contributed by atoms with E-state index in [1.807, 2.05) is 0 Å². The lowest BCUT2D eigenvalue weighted by atomic mass is 10.2. The van der Waals surface area contributed by atoms with E-state index in [1.165, 1.54) is 0 Å². The maximum absolute atomic E-state index is 9.22. The molecule has 0 aliphatic carbocycles. The molecular formula is C8H20N2O. The van der Waals surface area contributed by atoms with Gasteiger partial charge in [-0.05, 0) is 25.4 Å². The smallest absolute Gasteiger partial charge is 0.0676 e. The van der Waals surface area contributed by atoms with Crippen molar-refractivity contribution < 1.29 is 5.11 Å². The highest BCUT2D eigenvalue weighted by molar-refractivity contribution is 4.60. The minimum atomic E-state index is -0.279. The van der Waals surface area contributed by atoms with Crippen LogP contribution < -0.4 is 11.1 Å². The summed E-state index contributed by atoms with van der Waals surface area (Å²) in [6.07, 6.45) is 0.407. The van der Waals surface area contributed by atoms with Crippen LogP contribution in [0.15, 0.2) is 0 Å². The Kier molecular flexibility index (Phi) is 6.51. The summed E-state index contributed by atoms with van der Waals surface area (Å²) in [5.41, 5.74) is 5.27. The van der Waals surface area contributed by atoms with Crippen LogP contribution in [0.3, 0.4) is 0 Å². The molecule has 0 radical (unpaired) electrons. The van der Waals surface area contributed by atoms with Crippen LogP contribution in [0.4, 0.5) is 0 Å². The Morgan fingerprint density at radius 3 is 2.45 bits per heavy atom. The van der Waals surface area contributed by atoms with Crippen molar-refractivity contribution in [3.63, 3.8) is 0 Å². The number of aliphatic hydroxyl groups is 1. The quantitative estimate of drug-likeness (QED) is 0.510. The molecule has 3 nitrogen and oxygen atoms in total. The molecular weight excluding hydrogens is 140 g/mol. The Balaban J connectivity index is 3.10. The second-order valence-corrected chi connectivity index (χ2v) is 3.28. The Labute approximate surface area is 69.0 Å². The second kappa shape index (κ2) is 6.58. The molecule has 68 valence electrons. The van der Waals surface area contributed by atoms with Crippen LogP contribution in [0, 0.1) is 5.92 Å². The molecule has 11 heavy (non-hydrogen) atoms. The number of rotatable bonds is 6. The van der Waals surface area contributed by atoms with Crippen molar-refractivity contribution in [3.8, 4) is 0 Å². The van der Waals surface area contributed by atoms with Crippen molar-refractivity contribution in [1.82, 2.24) is 5.32 Å². The van der Waals surface area contributed by atoms with Crippen LogP contribution in [0.25, 0.3) is 0 Å². The summed E-state index contributed by atoms with van der Waals surface area (Å²) in [5, 5.41) is 12.4. The SMILES string of the molecule is CC(C)CNCC(O)CCN. The van der Waals surface area contributed by atoms with E-state index in [0.29, 0.717) is 25.4 Å². The molecule has 1 unspecified atom stereocenters. The highest BCUT2D eigenvalue weighted by Crippen LogP contribution is 1.89. The number of aliphatic hydroxyl groups excluding tert-OH is 1. The molecule has 0 saturated carbocycles. The Hall–Kier alpha value is -0.120. The molecule has 0 fully saturated rings. The molecule has 0 heterocycles. The number of nitrogens with two attached hydrogens (primary N) is 1. The maximum atomic E-state index is 9.22. The van der Waals surface area contributed by atoms with E-state index in [9.17, 15) is 5.11 Å². The Morgan fingerprint density at radius 2 is 2.00 bits per heavy atom. The van der Waals surface area contributed by atoms with Crippen molar-refractivity contribution in [2.75, 3.05) is 19.6 Å². The standard InChI is InChI=1S/C8H20N2O/c1-7(2)5-10-6-8(11)3-4-9/h7-8,10-11H,3-6,9H2,1-2H3. The third kappa shape index (κ3) is 7.78. The monoisotopic (exact) mass is 160 g/mol. The van der Waals surface area contributed by atoms with Gasteiger partial charge in [0.1, 0.15) is 0 Å². The third-order valence-corrected chi connectivity index (χ3v) is 1.43. The Morgan fingerprint density at radius 1 is 1.36 bits per heavy atom. The fourth-order valence-corrected chi connectivity index (χ4v) is 0.833. The van der Waals surface area contributed by atoms with Crippen LogP contribution in [-0.2, 0) is 0 Å². The minimum absolute atomic E-state index is 0.279. The van der Waals surface area contributed by atoms with Crippen molar-refractivity contribution >= 4 is 0 Å². The van der Waals surface area contributed by atoms with Gasteiger partial charge in [-0.2, -0.15) is 0 Å². The van der Waals surface area contributed by atoms with Crippen LogP contribution in [-0.4, -0.2) is 30.8 Å². The predicted molar refractivity (Wildman–Crippen MR) is 47.4 cm³/mol. The van der Waals surface area contributed by atoms with E-state index in [-0.39, 0.29) is 6.10 Å². The molecule has 0 aliphatic rings. The van der Waals surface area contributed by atoms with Crippen molar-refractivity contribution in [1.29, 1.82) is 0 Å². The molecule has 0 aromatic heterocycles. The summed E-state index contributed by atoms with van der Waals surface area (Å²) < 4.78 is 0. The molecule has 0 rings (SSSR count). The molecule has 1 atom stereocenters. The maximum Gasteiger partial charge on any atom is 0.0676 e. The van der Waals surface area contributed by atoms with E-state index in [4.69, 9.17) is 5.73 Å². The van der Waals surface area contributed by atoms with Gasteiger partial charge in [-0.15, -0.1) is 0 Å².